The second-order valence-electron chi connectivity index (χ2n) is 9.89. The van der Waals surface area contributed by atoms with Crippen LogP contribution in [0.4, 0.5) is 20.7 Å². The number of pyridine rings is 1. The molecule has 3 heterocycles. The Hall–Kier alpha value is -5.06. The van der Waals surface area contributed by atoms with Gasteiger partial charge in [-0.25, -0.2) is 23.8 Å². The number of rotatable bonds is 5. The number of amides is 2. The maximum Gasteiger partial charge on any atom is 0.324 e. The zero-order valence-corrected chi connectivity index (χ0v) is 21.7. The summed E-state index contributed by atoms with van der Waals surface area (Å²) < 4.78 is 22.4. The molecule has 11 heteroatoms. The smallest absolute Gasteiger partial charge is 0.324 e. The van der Waals surface area contributed by atoms with E-state index in [1.165, 1.54) is 24.4 Å². The summed E-state index contributed by atoms with van der Waals surface area (Å²) in [6, 6.07) is 16.1. The predicted octanol–water partition coefficient (Wildman–Crippen LogP) is 5.69. The largest absolute Gasteiger partial charge is 0.455 e. The van der Waals surface area contributed by atoms with E-state index in [-0.39, 0.29) is 33.6 Å². The number of nitrogens with zero attached hydrogens (tertiary/aromatic N) is 4. The van der Waals surface area contributed by atoms with Crippen molar-refractivity contribution in [1.82, 2.24) is 24.7 Å². The lowest BCUT2D eigenvalue weighted by Gasteiger charge is -2.14. The molecule has 5 rings (SSSR count). The van der Waals surface area contributed by atoms with E-state index in [1.54, 1.807) is 17.7 Å². The van der Waals surface area contributed by atoms with Crippen LogP contribution in [0, 0.1) is 12.7 Å². The van der Waals surface area contributed by atoms with Crippen molar-refractivity contribution in [1.29, 1.82) is 0 Å². The number of fused-ring (bicyclic) bond motifs is 1. The third kappa shape index (κ3) is 5.47. The van der Waals surface area contributed by atoms with Gasteiger partial charge in [0.25, 0.3) is 5.56 Å². The molecule has 0 spiro atoms. The fourth-order valence-corrected chi connectivity index (χ4v) is 3.87. The van der Waals surface area contributed by atoms with Crippen LogP contribution >= 0.6 is 0 Å². The molecule has 0 atom stereocenters. The average Bonchev–Trinajstić information content (AvgIpc) is 3.31. The number of anilines is 2. The first-order valence-electron chi connectivity index (χ1n) is 12.2. The van der Waals surface area contributed by atoms with Crippen LogP contribution in [0.2, 0.25) is 0 Å². The molecular weight excluding hydrogens is 501 g/mol. The van der Waals surface area contributed by atoms with Crippen LogP contribution in [-0.2, 0) is 5.41 Å². The van der Waals surface area contributed by atoms with E-state index in [2.05, 4.69) is 30.7 Å². The van der Waals surface area contributed by atoms with Crippen LogP contribution in [0.3, 0.4) is 0 Å². The number of aryl methyl sites for hydroxylation is 1. The molecule has 0 fully saturated rings. The number of para-hydroxylation sites is 1. The standard InChI is InChI=1S/C28H26FN7O3/c1-16-31-24-21(12-13-30-25(24)26(37)32-16)39-18-10-11-20(19(29)14-18)33-27(38)34-23-15-22(28(2,3)4)35-36(23)17-8-6-5-7-9-17/h5-15H,1-4H3,(H,31,32,37)(H2,33,34,38). The van der Waals surface area contributed by atoms with Gasteiger partial charge in [0.2, 0.25) is 0 Å². The summed E-state index contributed by atoms with van der Waals surface area (Å²) in [5, 5.41) is 9.96. The molecule has 2 amide bonds. The monoisotopic (exact) mass is 527 g/mol. The number of halogens is 1. The van der Waals surface area contributed by atoms with Crippen molar-refractivity contribution in [2.24, 2.45) is 0 Å². The molecular formula is C28H26FN7O3. The SMILES string of the molecule is Cc1nc2c(Oc3ccc(NC(=O)Nc4cc(C(C)(C)C)nn4-c4ccccc4)c(F)c3)ccnc2c(=O)[nH]1. The van der Waals surface area contributed by atoms with Crippen molar-refractivity contribution < 1.29 is 13.9 Å². The van der Waals surface area contributed by atoms with Crippen LogP contribution in [0.5, 0.6) is 11.5 Å². The summed E-state index contributed by atoms with van der Waals surface area (Å²) in [5.74, 6) is 0.519. The van der Waals surface area contributed by atoms with Crippen LogP contribution in [0.1, 0.15) is 32.3 Å². The lowest BCUT2D eigenvalue weighted by Crippen LogP contribution is -2.21. The van der Waals surface area contributed by atoms with Gasteiger partial charge >= 0.3 is 6.03 Å². The summed E-state index contributed by atoms with van der Waals surface area (Å²) in [6.07, 6.45) is 1.41. The van der Waals surface area contributed by atoms with Gasteiger partial charge in [0, 0.05) is 29.8 Å². The van der Waals surface area contributed by atoms with Crippen molar-refractivity contribution in [3.8, 4) is 17.2 Å². The number of hydrogen-bond acceptors (Lipinski definition) is 6. The molecule has 0 aliphatic carbocycles. The molecule has 0 saturated heterocycles. The highest BCUT2D eigenvalue weighted by Crippen LogP contribution is 2.30. The second kappa shape index (κ2) is 10.0. The highest BCUT2D eigenvalue weighted by atomic mass is 19.1. The summed E-state index contributed by atoms with van der Waals surface area (Å²) in [5.41, 5.74) is 1.21. The minimum Gasteiger partial charge on any atom is -0.455 e. The summed E-state index contributed by atoms with van der Waals surface area (Å²) >= 11 is 0. The van der Waals surface area contributed by atoms with Gasteiger partial charge in [0.05, 0.1) is 17.1 Å². The van der Waals surface area contributed by atoms with Gasteiger partial charge in [-0.15, -0.1) is 0 Å². The molecule has 10 nitrogen and oxygen atoms in total. The lowest BCUT2D eigenvalue weighted by atomic mass is 9.92. The highest BCUT2D eigenvalue weighted by molar-refractivity contribution is 5.99. The number of carbonyl (C=O) groups is 1. The number of urea groups is 1. The lowest BCUT2D eigenvalue weighted by molar-refractivity contribution is 0.262. The van der Waals surface area contributed by atoms with E-state index in [0.29, 0.717) is 11.6 Å². The van der Waals surface area contributed by atoms with Crippen molar-refractivity contribution in [2.45, 2.75) is 33.1 Å². The molecule has 3 aromatic heterocycles. The minimum absolute atomic E-state index is 0.0494. The fraction of sp³-hybridized carbons (Fsp3) is 0.179. The van der Waals surface area contributed by atoms with Crippen molar-refractivity contribution in [2.75, 3.05) is 10.6 Å². The molecule has 39 heavy (non-hydrogen) atoms. The van der Waals surface area contributed by atoms with Gasteiger partial charge < -0.3 is 15.0 Å². The second-order valence-corrected chi connectivity index (χ2v) is 9.89. The molecule has 0 aliphatic rings. The molecule has 0 unspecified atom stereocenters. The number of benzene rings is 2. The topological polar surface area (TPSA) is 127 Å². The first-order valence-corrected chi connectivity index (χ1v) is 12.2. The molecule has 2 aromatic carbocycles. The summed E-state index contributed by atoms with van der Waals surface area (Å²) in [4.78, 5) is 35.9. The zero-order chi connectivity index (χ0) is 27.7. The maximum absolute atomic E-state index is 15.0. The van der Waals surface area contributed by atoms with E-state index in [1.807, 2.05) is 51.1 Å². The molecule has 198 valence electrons. The number of aromatic amines is 1. The number of nitrogens with one attached hydrogen (secondary N) is 3. The van der Waals surface area contributed by atoms with Gasteiger partial charge in [-0.3, -0.25) is 10.1 Å². The number of aromatic nitrogens is 5. The van der Waals surface area contributed by atoms with E-state index >= 15 is 0 Å². The van der Waals surface area contributed by atoms with Crippen molar-refractivity contribution in [3.63, 3.8) is 0 Å². The minimum atomic E-state index is -0.713. The maximum atomic E-state index is 15.0. The molecule has 0 radical (unpaired) electrons. The van der Waals surface area contributed by atoms with Gasteiger partial charge in [-0.1, -0.05) is 39.0 Å². The zero-order valence-electron chi connectivity index (χ0n) is 21.7. The number of ether oxygens (including phenoxy) is 1. The highest BCUT2D eigenvalue weighted by Gasteiger charge is 2.22. The van der Waals surface area contributed by atoms with Crippen LogP contribution < -0.4 is 20.9 Å². The molecule has 0 bridgehead atoms. The van der Waals surface area contributed by atoms with E-state index in [4.69, 9.17) is 4.74 Å². The first-order chi connectivity index (χ1) is 18.6. The first kappa shape index (κ1) is 25.6. The van der Waals surface area contributed by atoms with Crippen molar-refractivity contribution >= 4 is 28.6 Å². The molecule has 0 aliphatic heterocycles. The Bertz CT molecular complexity index is 1740. The third-order valence-electron chi connectivity index (χ3n) is 5.81. The van der Waals surface area contributed by atoms with Gasteiger partial charge in [0.1, 0.15) is 28.7 Å². The fourth-order valence-electron chi connectivity index (χ4n) is 3.87. The summed E-state index contributed by atoms with van der Waals surface area (Å²) in [6.45, 7) is 7.71. The normalized spacial score (nSPS) is 11.4. The summed E-state index contributed by atoms with van der Waals surface area (Å²) in [7, 11) is 0. The van der Waals surface area contributed by atoms with Gasteiger partial charge in [-0.2, -0.15) is 5.10 Å². The third-order valence-corrected chi connectivity index (χ3v) is 5.81. The van der Waals surface area contributed by atoms with Gasteiger partial charge in [-0.05, 0) is 31.2 Å². The Labute approximate surface area is 222 Å². The molecule has 0 saturated carbocycles. The quantitative estimate of drug-likeness (QED) is 0.270. The Kier molecular flexibility index (Phi) is 6.57. The van der Waals surface area contributed by atoms with Crippen LogP contribution in [-0.4, -0.2) is 30.8 Å². The Balaban J connectivity index is 1.35. The van der Waals surface area contributed by atoms with Crippen LogP contribution in [0.25, 0.3) is 16.7 Å². The Morgan fingerprint density at radius 3 is 2.51 bits per heavy atom. The van der Waals surface area contributed by atoms with E-state index in [9.17, 15) is 14.0 Å². The van der Waals surface area contributed by atoms with Crippen molar-refractivity contribution in [3.05, 3.63) is 94.5 Å². The average molecular weight is 528 g/mol. The molecule has 5 aromatic rings. The predicted molar refractivity (Wildman–Crippen MR) is 146 cm³/mol. The Morgan fingerprint density at radius 1 is 1.03 bits per heavy atom. The van der Waals surface area contributed by atoms with E-state index < -0.39 is 17.4 Å². The number of hydrogen-bond donors (Lipinski definition) is 3. The number of H-pyrrole nitrogens is 1. The Morgan fingerprint density at radius 2 is 1.79 bits per heavy atom. The van der Waals surface area contributed by atoms with Crippen LogP contribution in [0.15, 0.2) is 71.7 Å². The van der Waals surface area contributed by atoms with Gasteiger partial charge in [0.15, 0.2) is 11.3 Å². The number of carbonyl (C=O) groups excluding carboxylic acids is 1. The molecule has 3 N–H and O–H groups in total. The van der Waals surface area contributed by atoms with E-state index in [0.717, 1.165) is 17.4 Å².